The molecule has 3 nitrogen and oxygen atoms in total. The van der Waals surface area contributed by atoms with E-state index in [1.54, 1.807) is 0 Å². The van der Waals surface area contributed by atoms with Crippen LogP contribution >= 0.6 is 0 Å². The first-order valence-electron chi connectivity index (χ1n) is 6.83. The third kappa shape index (κ3) is 1.73. The van der Waals surface area contributed by atoms with E-state index >= 15 is 0 Å². The van der Waals surface area contributed by atoms with Gasteiger partial charge in [0.25, 0.3) is 0 Å². The topological polar surface area (TPSA) is 30.7 Å². The van der Waals surface area contributed by atoms with Crippen LogP contribution in [-0.2, 0) is 13.0 Å². The molecule has 0 bridgehead atoms. The summed E-state index contributed by atoms with van der Waals surface area (Å²) in [5.41, 5.74) is 1.17. The van der Waals surface area contributed by atoms with Crippen molar-refractivity contribution >= 4 is 10.8 Å². The van der Waals surface area contributed by atoms with Crippen molar-refractivity contribution < 1.29 is 0 Å². The number of rotatable bonds is 1. The summed E-state index contributed by atoms with van der Waals surface area (Å²) in [5, 5.41) is 11.2. The third-order valence-electron chi connectivity index (χ3n) is 3.87. The summed E-state index contributed by atoms with van der Waals surface area (Å²) in [5.74, 6) is 2.15. The van der Waals surface area contributed by atoms with Crippen molar-refractivity contribution in [1.29, 1.82) is 0 Å². The first kappa shape index (κ1) is 10.7. The lowest BCUT2D eigenvalue weighted by molar-refractivity contribution is 0.526. The zero-order valence-corrected chi connectivity index (χ0v) is 10.7. The van der Waals surface area contributed by atoms with Crippen LogP contribution in [0, 0.1) is 0 Å². The average molecular weight is 249 g/mol. The minimum absolute atomic E-state index is 1.01. The van der Waals surface area contributed by atoms with Crippen LogP contribution in [0.5, 0.6) is 0 Å². The Balaban J connectivity index is 1.88. The van der Waals surface area contributed by atoms with Gasteiger partial charge in [0.05, 0.1) is 0 Å². The van der Waals surface area contributed by atoms with Gasteiger partial charge in [0.1, 0.15) is 5.82 Å². The van der Waals surface area contributed by atoms with E-state index in [9.17, 15) is 0 Å². The molecule has 1 aliphatic rings. The first-order valence-corrected chi connectivity index (χ1v) is 6.83. The van der Waals surface area contributed by atoms with Gasteiger partial charge in [-0.05, 0) is 29.7 Å². The highest BCUT2D eigenvalue weighted by atomic mass is 15.3. The van der Waals surface area contributed by atoms with E-state index < -0.39 is 0 Å². The molecule has 0 saturated carbocycles. The Morgan fingerprint density at radius 1 is 0.895 bits per heavy atom. The van der Waals surface area contributed by atoms with Gasteiger partial charge in [0.2, 0.25) is 0 Å². The lowest BCUT2D eigenvalue weighted by Gasteiger charge is -2.14. The average Bonchev–Trinajstić information content (AvgIpc) is 2.91. The Labute approximate surface area is 111 Å². The van der Waals surface area contributed by atoms with Crippen LogP contribution < -0.4 is 0 Å². The van der Waals surface area contributed by atoms with Gasteiger partial charge in [-0.15, -0.1) is 10.2 Å². The van der Waals surface area contributed by atoms with Gasteiger partial charge in [0.15, 0.2) is 5.82 Å². The monoisotopic (exact) mass is 249 g/mol. The summed E-state index contributed by atoms with van der Waals surface area (Å²) in [4.78, 5) is 0. The van der Waals surface area contributed by atoms with Crippen molar-refractivity contribution in [3.8, 4) is 11.4 Å². The minimum Gasteiger partial charge on any atom is -0.311 e. The summed E-state index contributed by atoms with van der Waals surface area (Å²) in [6, 6.07) is 14.9. The molecule has 3 aromatic rings. The SMILES string of the molecule is c1ccc2cc(-c3nnc4n3CCCC4)ccc2c1. The van der Waals surface area contributed by atoms with Crippen LogP contribution in [0.1, 0.15) is 18.7 Å². The van der Waals surface area contributed by atoms with E-state index in [2.05, 4.69) is 57.2 Å². The summed E-state index contributed by atoms with van der Waals surface area (Å²) < 4.78 is 2.27. The number of aromatic nitrogens is 3. The molecule has 0 fully saturated rings. The summed E-state index contributed by atoms with van der Waals surface area (Å²) in [6.07, 6.45) is 3.52. The number of hydrogen-bond donors (Lipinski definition) is 0. The molecular formula is C16H15N3. The lowest BCUT2D eigenvalue weighted by Crippen LogP contribution is -2.11. The van der Waals surface area contributed by atoms with E-state index in [4.69, 9.17) is 0 Å². The maximum absolute atomic E-state index is 4.39. The van der Waals surface area contributed by atoms with Crippen LogP contribution in [0.15, 0.2) is 42.5 Å². The van der Waals surface area contributed by atoms with Crippen LogP contribution in [-0.4, -0.2) is 14.8 Å². The van der Waals surface area contributed by atoms with E-state index in [-0.39, 0.29) is 0 Å². The van der Waals surface area contributed by atoms with Crippen LogP contribution in [0.2, 0.25) is 0 Å². The second kappa shape index (κ2) is 4.19. The standard InChI is InChI=1S/C16H15N3/c1-2-6-13-11-14(9-8-12(13)5-1)16-18-17-15-7-3-4-10-19(15)16/h1-2,5-6,8-9,11H,3-4,7,10H2. The molecule has 94 valence electrons. The molecule has 0 amide bonds. The fourth-order valence-corrected chi connectivity index (χ4v) is 2.85. The van der Waals surface area contributed by atoms with Gasteiger partial charge in [-0.1, -0.05) is 36.4 Å². The zero-order chi connectivity index (χ0) is 12.7. The molecule has 0 unspecified atom stereocenters. The molecule has 1 aliphatic heterocycles. The molecular weight excluding hydrogens is 234 g/mol. The molecule has 19 heavy (non-hydrogen) atoms. The second-order valence-electron chi connectivity index (χ2n) is 5.11. The molecule has 0 saturated heterocycles. The normalized spacial score (nSPS) is 14.5. The van der Waals surface area contributed by atoms with Crippen molar-refractivity contribution in [2.75, 3.05) is 0 Å². The maximum atomic E-state index is 4.39. The highest BCUT2D eigenvalue weighted by Gasteiger charge is 2.16. The number of nitrogens with zero attached hydrogens (tertiary/aromatic N) is 3. The van der Waals surface area contributed by atoms with Crippen molar-refractivity contribution in [3.05, 3.63) is 48.3 Å². The Morgan fingerprint density at radius 3 is 2.74 bits per heavy atom. The van der Waals surface area contributed by atoms with Gasteiger partial charge in [-0.3, -0.25) is 0 Å². The Bertz CT molecular complexity index is 743. The number of fused-ring (bicyclic) bond motifs is 2. The smallest absolute Gasteiger partial charge is 0.163 e. The summed E-state index contributed by atoms with van der Waals surface area (Å²) >= 11 is 0. The number of hydrogen-bond acceptors (Lipinski definition) is 2. The highest BCUT2D eigenvalue weighted by Crippen LogP contribution is 2.26. The van der Waals surface area contributed by atoms with Crippen molar-refractivity contribution in [2.45, 2.75) is 25.8 Å². The van der Waals surface area contributed by atoms with E-state index in [0.717, 1.165) is 24.6 Å². The quantitative estimate of drug-likeness (QED) is 0.661. The second-order valence-corrected chi connectivity index (χ2v) is 5.11. The van der Waals surface area contributed by atoms with Gasteiger partial charge >= 0.3 is 0 Å². The van der Waals surface area contributed by atoms with Crippen LogP contribution in [0.4, 0.5) is 0 Å². The molecule has 0 aliphatic carbocycles. The molecule has 0 radical (unpaired) electrons. The van der Waals surface area contributed by atoms with Crippen LogP contribution in [0.3, 0.4) is 0 Å². The molecule has 3 heteroatoms. The Morgan fingerprint density at radius 2 is 1.79 bits per heavy atom. The lowest BCUT2D eigenvalue weighted by atomic mass is 10.1. The predicted octanol–water partition coefficient (Wildman–Crippen LogP) is 3.43. The number of benzene rings is 2. The van der Waals surface area contributed by atoms with Crippen molar-refractivity contribution in [2.24, 2.45) is 0 Å². The molecule has 2 aromatic carbocycles. The predicted molar refractivity (Wildman–Crippen MR) is 75.9 cm³/mol. The molecule has 4 rings (SSSR count). The van der Waals surface area contributed by atoms with E-state index in [1.165, 1.54) is 29.2 Å². The van der Waals surface area contributed by atoms with E-state index in [1.807, 2.05) is 0 Å². The third-order valence-corrected chi connectivity index (χ3v) is 3.87. The molecule has 0 N–H and O–H groups in total. The molecule has 0 atom stereocenters. The fourth-order valence-electron chi connectivity index (χ4n) is 2.85. The minimum atomic E-state index is 1.01. The van der Waals surface area contributed by atoms with Gasteiger partial charge < -0.3 is 4.57 Å². The molecule has 1 aromatic heterocycles. The first-order chi connectivity index (χ1) is 9.42. The van der Waals surface area contributed by atoms with E-state index in [0.29, 0.717) is 0 Å². The Hall–Kier alpha value is -2.16. The van der Waals surface area contributed by atoms with Gasteiger partial charge in [-0.25, -0.2) is 0 Å². The molecule has 2 heterocycles. The maximum Gasteiger partial charge on any atom is 0.163 e. The van der Waals surface area contributed by atoms with Gasteiger partial charge in [0, 0.05) is 18.5 Å². The zero-order valence-electron chi connectivity index (χ0n) is 10.7. The highest BCUT2D eigenvalue weighted by molar-refractivity contribution is 5.86. The van der Waals surface area contributed by atoms with Crippen molar-refractivity contribution in [1.82, 2.24) is 14.8 Å². The summed E-state index contributed by atoms with van der Waals surface area (Å²) in [6.45, 7) is 1.05. The van der Waals surface area contributed by atoms with Crippen molar-refractivity contribution in [3.63, 3.8) is 0 Å². The summed E-state index contributed by atoms with van der Waals surface area (Å²) in [7, 11) is 0. The molecule has 0 spiro atoms. The Kier molecular flexibility index (Phi) is 2.37. The van der Waals surface area contributed by atoms with Gasteiger partial charge in [-0.2, -0.15) is 0 Å². The largest absolute Gasteiger partial charge is 0.311 e. The van der Waals surface area contributed by atoms with Crippen LogP contribution in [0.25, 0.3) is 22.2 Å². The number of aryl methyl sites for hydroxylation is 1. The fraction of sp³-hybridized carbons (Fsp3) is 0.250.